The molecule has 8 amide bonds. The van der Waals surface area contributed by atoms with Gasteiger partial charge in [0.05, 0.1) is 78.7 Å². The molecule has 0 spiro atoms. The number of halogens is 8. The number of nitriles is 4. The van der Waals surface area contributed by atoms with Gasteiger partial charge >= 0.3 is 23.7 Å². The predicted octanol–water partition coefficient (Wildman–Crippen LogP) is 11.8. The molecule has 4 saturated carbocycles. The van der Waals surface area contributed by atoms with Gasteiger partial charge in [0, 0.05) is 134 Å². The molecular formula is C98H97F8N17O16. The molecule has 4 saturated heterocycles. The summed E-state index contributed by atoms with van der Waals surface area (Å²) in [5, 5.41) is 86.0. The minimum atomic E-state index is -3.44. The smallest absolute Gasteiger partial charge is 0.301 e. The Bertz CT molecular complexity index is 6050. The van der Waals surface area contributed by atoms with E-state index in [-0.39, 0.29) is 164 Å². The van der Waals surface area contributed by atoms with Gasteiger partial charge in [-0.1, -0.05) is 25.6 Å². The van der Waals surface area contributed by atoms with Gasteiger partial charge in [-0.15, -0.1) is 0 Å². The highest BCUT2D eigenvalue weighted by molar-refractivity contribution is 6.42. The second-order valence-electron chi connectivity index (χ2n) is 34.4. The van der Waals surface area contributed by atoms with Crippen molar-refractivity contribution in [2.24, 2.45) is 33.7 Å². The Balaban J connectivity index is 0.000000156. The number of ether oxygens (including phenoxy) is 4. The Morgan fingerprint density at radius 2 is 0.712 bits per heavy atom. The number of anilines is 4. The molecule has 726 valence electrons. The topological polar surface area (TPSA) is 474 Å². The highest BCUT2D eigenvalue weighted by Gasteiger charge is 2.53. The number of aliphatic hydroxyl groups is 4. The number of carbonyl (C=O) groups is 8. The molecule has 3 aromatic heterocycles. The molecule has 8 fully saturated rings. The number of amides is 8. The summed E-state index contributed by atoms with van der Waals surface area (Å²) < 4.78 is 140. The first kappa shape index (κ1) is 102. The van der Waals surface area contributed by atoms with Gasteiger partial charge in [0.15, 0.2) is 30.5 Å². The summed E-state index contributed by atoms with van der Waals surface area (Å²) in [4.78, 5) is 120. The number of likely N-dealkylation sites (tertiary alicyclic amines) is 4. The van der Waals surface area contributed by atoms with Gasteiger partial charge in [0.2, 0.25) is 35.4 Å². The average molecular weight is 1920 g/mol. The van der Waals surface area contributed by atoms with Crippen LogP contribution in [0.25, 0.3) is 44.9 Å². The van der Waals surface area contributed by atoms with Crippen molar-refractivity contribution >= 4 is 81.6 Å². The zero-order valence-electron chi connectivity index (χ0n) is 74.1. The summed E-state index contributed by atoms with van der Waals surface area (Å²) in [5.41, 5.74) is 7.44. The SMILES string of the molecule is C.CC1=NCC(C(=O)N2CC[C@H](Oc3ccc(-c4cc(NC(=O)C5CC5)ccn4)cc3C#N)C(F)(F)C2)=N1.N#Cc1cc(-c2cc(NC(=O)C3CC3)ccn2)ccc1O[C@H]1CCN(C(=O)CO)CC1(F)F.N#Cc1cc(-c2cc(NC(=O)C3CC3)ccn2)ccc1O[C@H]1CCN(C(=O)[C@@H](O)CO)CC1(F)F.N#Cc1cc(-c2cccc(NC(=O)C3CC3)c2)ccc1O[C@H]1CCN(C(=O)CO)CC1(F)F. The molecule has 5 aromatic carbocycles. The van der Waals surface area contributed by atoms with Crippen molar-refractivity contribution in [1.82, 2.24) is 34.6 Å². The number of nitrogens with zero attached hydrogens (tertiary/aromatic N) is 13. The van der Waals surface area contributed by atoms with E-state index in [1.165, 1.54) is 54.9 Å². The fraction of sp³-hybridized carbons (Fsp3) is 0.398. The number of alkyl halides is 8. The van der Waals surface area contributed by atoms with E-state index in [1.54, 1.807) is 98.0 Å². The van der Waals surface area contributed by atoms with Crippen LogP contribution in [0, 0.1) is 69.0 Å². The van der Waals surface area contributed by atoms with Crippen LogP contribution < -0.4 is 40.2 Å². The molecular weight excluding hydrogens is 1820 g/mol. The first-order chi connectivity index (χ1) is 66.0. The zero-order valence-corrected chi connectivity index (χ0v) is 74.1. The molecule has 8 aromatic rings. The third kappa shape index (κ3) is 25.9. The zero-order chi connectivity index (χ0) is 98.5. The minimum Gasteiger partial charge on any atom is -0.483 e. The van der Waals surface area contributed by atoms with Crippen molar-refractivity contribution < 1.29 is 113 Å². The number of aliphatic hydroxyl groups excluding tert-OH is 4. The van der Waals surface area contributed by atoms with Crippen molar-refractivity contribution in [3.05, 3.63) is 174 Å². The van der Waals surface area contributed by atoms with Crippen LogP contribution in [0.2, 0.25) is 0 Å². The number of rotatable bonds is 25. The van der Waals surface area contributed by atoms with E-state index >= 15 is 8.78 Å². The molecule has 5 aliphatic heterocycles. The number of hydrogen-bond donors (Lipinski definition) is 8. The van der Waals surface area contributed by atoms with Gasteiger partial charge in [0.25, 0.3) is 11.8 Å². The summed E-state index contributed by atoms with van der Waals surface area (Å²) in [6.45, 7) is -4.26. The van der Waals surface area contributed by atoms with Gasteiger partial charge in [-0.25, -0.2) is 40.1 Å². The normalized spacial score (nSPS) is 19.7. The Morgan fingerprint density at radius 1 is 0.410 bits per heavy atom. The van der Waals surface area contributed by atoms with Crippen molar-refractivity contribution in [3.8, 4) is 92.2 Å². The highest BCUT2D eigenvalue weighted by Crippen LogP contribution is 2.43. The standard InChI is InChI=1S/C26H24F2N6O3.C24H24F2N4O5.C24H23F2N3O4.C23H22F2N4O4.CH4/c1-15-31-13-21(32-15)25(36)34-9-7-23(26(27,28)14-34)37-22-5-4-17(10-18(22)12-29)20-11-19(6-8-30-20)33-24(35)16-2-3-16;25-24(26)13-30(23(34)19(32)12-31)8-6-21(24)35-20-4-3-15(9-16(20)11-27)18-10-17(5-7-28-18)29-22(33)14-1-2-14;25-24(26)14-29(22(31)13-30)9-8-21(24)33-20-7-6-17(10-18(20)12-27)16-2-1-3-19(11-16)28-23(32)15-4-5-15;24-23(25)13-29(21(31)12-30)8-6-20(23)33-19-4-3-15(9-16(19)11-26)18-10-17(5-7-27-18)28-22(32)14-1-2-14;/h4-6,8,10-11,16,23H,2-3,7,9,13-14H2,1H3,(H,30,33,35);3-5,7,9-10,14,19,21,31-32H,1-2,6,8,12-13H2,(H,28,29,33);1-3,6-7,10-11,15,21,30H,4-5,8-9,13-14H2,(H,28,32);3-5,7,9-10,14,20,30H,1-2,6,8,12-13H2,(H,27,28,32);1H4/t23-;19-,21-;21-;20-;/m0000./s1. The minimum absolute atomic E-state index is 0. The molecule has 0 radical (unpaired) electrons. The number of hydrogen-bond acceptors (Lipinski definition) is 25. The fourth-order valence-electron chi connectivity index (χ4n) is 15.6. The quantitative estimate of drug-likeness (QED) is 0.0246. The van der Waals surface area contributed by atoms with Crippen LogP contribution in [0.1, 0.15) is 114 Å². The molecule has 17 rings (SSSR count). The number of pyridine rings is 3. The van der Waals surface area contributed by atoms with E-state index in [2.05, 4.69) is 46.2 Å². The van der Waals surface area contributed by atoms with E-state index in [4.69, 9.17) is 34.3 Å². The van der Waals surface area contributed by atoms with Gasteiger partial charge in [-0.05, 0) is 185 Å². The highest BCUT2D eigenvalue weighted by atomic mass is 19.3. The number of aromatic nitrogens is 3. The van der Waals surface area contributed by atoms with Crippen LogP contribution in [-0.4, -0.2) is 247 Å². The van der Waals surface area contributed by atoms with Crippen LogP contribution in [0.5, 0.6) is 23.0 Å². The Kier molecular flexibility index (Phi) is 32.2. The number of carbonyl (C=O) groups excluding carboxylic acids is 8. The van der Waals surface area contributed by atoms with E-state index in [0.29, 0.717) is 67.9 Å². The Hall–Kier alpha value is -14.9. The number of nitrogens with one attached hydrogen (secondary N) is 4. The number of piperidine rings is 4. The molecule has 0 bridgehead atoms. The molecule has 9 aliphatic rings. The predicted molar refractivity (Wildman–Crippen MR) is 487 cm³/mol. The van der Waals surface area contributed by atoms with Gasteiger partial charge in [-0.2, -0.15) is 21.0 Å². The third-order valence-electron chi connectivity index (χ3n) is 23.9. The number of aliphatic imine (C=N–C) groups is 2. The molecule has 33 nitrogen and oxygen atoms in total. The van der Waals surface area contributed by atoms with Crippen LogP contribution in [0.3, 0.4) is 0 Å². The van der Waals surface area contributed by atoms with Crippen molar-refractivity contribution in [1.29, 1.82) is 21.0 Å². The molecule has 0 unspecified atom stereocenters. The van der Waals surface area contributed by atoms with Crippen LogP contribution in [0.15, 0.2) is 162 Å². The van der Waals surface area contributed by atoms with Crippen molar-refractivity contribution in [2.75, 3.05) is 100.0 Å². The molecule has 139 heavy (non-hydrogen) atoms. The first-order valence-corrected chi connectivity index (χ1v) is 44.4. The summed E-state index contributed by atoms with van der Waals surface area (Å²) in [7, 11) is 0. The van der Waals surface area contributed by atoms with Crippen molar-refractivity contribution in [3.63, 3.8) is 0 Å². The first-order valence-electron chi connectivity index (χ1n) is 44.4. The lowest BCUT2D eigenvalue weighted by molar-refractivity contribution is -0.167. The van der Waals surface area contributed by atoms with Crippen LogP contribution in [-0.2, 0) is 38.4 Å². The number of benzene rings is 5. The van der Waals surface area contributed by atoms with Gasteiger partial charge in [-0.3, -0.25) is 58.3 Å². The average Bonchev–Trinajstić information content (AvgIpc) is 1.80. The maximum Gasteiger partial charge on any atom is 0.301 e. The lowest BCUT2D eigenvalue weighted by atomic mass is 10.0. The monoisotopic (exact) mass is 1920 g/mol. The summed E-state index contributed by atoms with van der Waals surface area (Å²) in [5.74, 6) is -15.9. The third-order valence-corrected chi connectivity index (χ3v) is 23.9. The summed E-state index contributed by atoms with van der Waals surface area (Å²) in [6, 6.07) is 43.4. The molecule has 4 aliphatic carbocycles. The fourth-order valence-corrected chi connectivity index (χ4v) is 15.6. The van der Waals surface area contributed by atoms with Crippen LogP contribution >= 0.6 is 0 Å². The Morgan fingerprint density at radius 3 is 1.02 bits per heavy atom. The maximum absolute atomic E-state index is 15.0. The van der Waals surface area contributed by atoms with E-state index in [9.17, 15) is 90.9 Å². The summed E-state index contributed by atoms with van der Waals surface area (Å²) in [6.07, 6.45) is 3.21. The lowest BCUT2D eigenvalue weighted by Crippen LogP contribution is -2.57. The van der Waals surface area contributed by atoms with Crippen molar-refractivity contribution in [2.45, 2.75) is 146 Å². The van der Waals surface area contributed by atoms with E-state index in [0.717, 1.165) is 76.5 Å². The molecule has 8 heterocycles. The molecule has 8 N–H and O–H groups in total. The lowest BCUT2D eigenvalue weighted by Gasteiger charge is -2.38. The van der Waals surface area contributed by atoms with Gasteiger partial charge < -0.3 is 80.2 Å². The second-order valence-corrected chi connectivity index (χ2v) is 34.4. The molecule has 41 heteroatoms. The van der Waals surface area contributed by atoms with E-state index in [1.807, 2.05) is 30.3 Å². The van der Waals surface area contributed by atoms with E-state index < -0.39 is 124 Å². The largest absolute Gasteiger partial charge is 0.483 e. The Labute approximate surface area is 792 Å². The molecule has 5 atom stereocenters. The van der Waals surface area contributed by atoms with Gasteiger partial charge in [0.1, 0.15) is 72.0 Å². The van der Waals surface area contributed by atoms with Crippen LogP contribution in [0.4, 0.5) is 57.9 Å². The summed E-state index contributed by atoms with van der Waals surface area (Å²) >= 11 is 0. The maximum atomic E-state index is 15.0. The number of amidine groups is 1. The second kappa shape index (κ2) is 44.0.